The molecule has 1 heterocycles. The highest BCUT2D eigenvalue weighted by Gasteiger charge is 2.39. The largest absolute Gasteiger partial charge is 0.463 e. The summed E-state index contributed by atoms with van der Waals surface area (Å²) < 4.78 is 15.9. The van der Waals surface area contributed by atoms with Gasteiger partial charge in [0.1, 0.15) is 0 Å². The molecular weight excluding hydrogens is 436 g/mol. The molecule has 1 aliphatic rings. The SMILES string of the molecule is CCOC(=O)C(C)=Cc1ccccc1C1C(C(=O)OCC)=C(C)NC(CNC)=C1C(=O)OCC. The average molecular weight is 471 g/mol. The lowest BCUT2D eigenvalue weighted by Gasteiger charge is -2.32. The number of dihydropyridines is 1. The lowest BCUT2D eigenvalue weighted by atomic mass is 9.78. The molecule has 0 aromatic heterocycles. The Bertz CT molecular complexity index is 1020. The van der Waals surface area contributed by atoms with E-state index in [1.54, 1.807) is 47.7 Å². The molecule has 0 radical (unpaired) electrons. The summed E-state index contributed by atoms with van der Waals surface area (Å²) in [5.41, 5.74) is 3.59. The van der Waals surface area contributed by atoms with E-state index in [0.717, 1.165) is 0 Å². The summed E-state index contributed by atoms with van der Waals surface area (Å²) in [5.74, 6) is -2.24. The second-order valence-electron chi connectivity index (χ2n) is 7.64. The van der Waals surface area contributed by atoms with E-state index in [2.05, 4.69) is 10.6 Å². The quantitative estimate of drug-likeness (QED) is 0.305. The molecule has 34 heavy (non-hydrogen) atoms. The first kappa shape index (κ1) is 26.9. The van der Waals surface area contributed by atoms with Crippen molar-refractivity contribution in [2.24, 2.45) is 0 Å². The summed E-state index contributed by atoms with van der Waals surface area (Å²) in [7, 11) is 1.77. The highest BCUT2D eigenvalue weighted by atomic mass is 16.5. The Balaban J connectivity index is 2.81. The van der Waals surface area contributed by atoms with Crippen LogP contribution in [0.5, 0.6) is 0 Å². The maximum Gasteiger partial charge on any atom is 0.336 e. The van der Waals surface area contributed by atoms with Gasteiger partial charge in [0.2, 0.25) is 0 Å². The maximum atomic E-state index is 13.2. The molecule has 0 saturated carbocycles. The molecule has 2 rings (SSSR count). The monoisotopic (exact) mass is 470 g/mol. The van der Waals surface area contributed by atoms with Crippen molar-refractivity contribution in [3.05, 3.63) is 63.5 Å². The molecule has 8 nitrogen and oxygen atoms in total. The third-order valence-corrected chi connectivity index (χ3v) is 5.27. The first-order valence-electron chi connectivity index (χ1n) is 11.4. The predicted octanol–water partition coefficient (Wildman–Crippen LogP) is 3.21. The second-order valence-corrected chi connectivity index (χ2v) is 7.64. The van der Waals surface area contributed by atoms with Crippen LogP contribution in [0.25, 0.3) is 6.08 Å². The van der Waals surface area contributed by atoms with Crippen LogP contribution in [0.2, 0.25) is 0 Å². The van der Waals surface area contributed by atoms with E-state index < -0.39 is 23.8 Å². The summed E-state index contributed by atoms with van der Waals surface area (Å²) >= 11 is 0. The van der Waals surface area contributed by atoms with Gasteiger partial charge in [-0.05, 0) is 58.9 Å². The van der Waals surface area contributed by atoms with Crippen molar-refractivity contribution < 1.29 is 28.6 Å². The molecule has 1 atom stereocenters. The summed E-state index contributed by atoms with van der Waals surface area (Å²) in [6, 6.07) is 7.33. The van der Waals surface area contributed by atoms with Crippen LogP contribution in [-0.2, 0) is 28.6 Å². The van der Waals surface area contributed by atoms with Gasteiger partial charge in [0.15, 0.2) is 0 Å². The zero-order chi connectivity index (χ0) is 25.3. The van der Waals surface area contributed by atoms with Gasteiger partial charge < -0.3 is 24.8 Å². The lowest BCUT2D eigenvalue weighted by Crippen LogP contribution is -2.36. The summed E-state index contributed by atoms with van der Waals surface area (Å²) in [6.45, 7) is 9.64. The maximum absolute atomic E-state index is 13.2. The van der Waals surface area contributed by atoms with Crippen molar-refractivity contribution in [3.63, 3.8) is 0 Å². The van der Waals surface area contributed by atoms with Gasteiger partial charge in [-0.1, -0.05) is 24.3 Å². The van der Waals surface area contributed by atoms with Crippen LogP contribution in [0.3, 0.4) is 0 Å². The standard InChI is InChI=1S/C26H34N2O6/c1-7-32-24(29)16(4)14-18-12-10-11-13-19(18)22-21(25(30)33-8-2)17(5)28-20(15-27-6)23(22)26(31)34-9-3/h10-14,22,27-28H,7-9,15H2,1-6H3. The Morgan fingerprint density at radius 3 is 2.15 bits per heavy atom. The van der Waals surface area contributed by atoms with Gasteiger partial charge in [-0.2, -0.15) is 0 Å². The molecule has 0 spiro atoms. The highest BCUT2D eigenvalue weighted by Crippen LogP contribution is 2.41. The van der Waals surface area contributed by atoms with E-state index >= 15 is 0 Å². The molecule has 0 aliphatic carbocycles. The second kappa shape index (κ2) is 12.7. The van der Waals surface area contributed by atoms with Gasteiger partial charge in [-0.25, -0.2) is 14.4 Å². The zero-order valence-corrected chi connectivity index (χ0v) is 20.7. The molecule has 1 aliphatic heterocycles. The van der Waals surface area contributed by atoms with Crippen LogP contribution < -0.4 is 10.6 Å². The summed E-state index contributed by atoms with van der Waals surface area (Å²) in [4.78, 5) is 38.6. The zero-order valence-electron chi connectivity index (χ0n) is 20.7. The number of benzene rings is 1. The molecule has 1 aromatic rings. The van der Waals surface area contributed by atoms with Crippen LogP contribution in [0.1, 0.15) is 51.7 Å². The number of ether oxygens (including phenoxy) is 3. The number of carbonyl (C=O) groups excluding carboxylic acids is 3. The minimum Gasteiger partial charge on any atom is -0.463 e. The molecule has 8 heteroatoms. The summed E-state index contributed by atoms with van der Waals surface area (Å²) in [5, 5.41) is 6.26. The van der Waals surface area contributed by atoms with Gasteiger partial charge in [-0.3, -0.25) is 0 Å². The van der Waals surface area contributed by atoms with E-state index in [0.29, 0.717) is 45.8 Å². The number of hydrogen-bond donors (Lipinski definition) is 2. The van der Waals surface area contributed by atoms with E-state index in [1.807, 2.05) is 24.3 Å². The van der Waals surface area contributed by atoms with E-state index in [1.165, 1.54) is 0 Å². The Kier molecular flexibility index (Phi) is 10.1. The van der Waals surface area contributed by atoms with E-state index in [4.69, 9.17) is 14.2 Å². The van der Waals surface area contributed by atoms with Gasteiger partial charge in [-0.15, -0.1) is 0 Å². The van der Waals surface area contributed by atoms with Crippen LogP contribution >= 0.6 is 0 Å². The van der Waals surface area contributed by atoms with Crippen molar-refractivity contribution >= 4 is 24.0 Å². The number of allylic oxidation sites excluding steroid dienone is 1. The predicted molar refractivity (Wildman–Crippen MR) is 130 cm³/mol. The van der Waals surface area contributed by atoms with Crippen LogP contribution in [-0.4, -0.2) is 51.3 Å². The van der Waals surface area contributed by atoms with Crippen molar-refractivity contribution in [2.45, 2.75) is 40.5 Å². The van der Waals surface area contributed by atoms with Gasteiger partial charge in [0.05, 0.1) is 36.9 Å². The van der Waals surface area contributed by atoms with Crippen LogP contribution in [0.15, 0.2) is 52.4 Å². The molecule has 184 valence electrons. The molecule has 0 bridgehead atoms. The molecule has 0 fully saturated rings. The Labute approximate surface area is 201 Å². The number of esters is 3. The normalized spacial score (nSPS) is 16.2. The number of carbonyl (C=O) groups is 3. The highest BCUT2D eigenvalue weighted by molar-refractivity contribution is 6.00. The Morgan fingerprint density at radius 1 is 0.971 bits per heavy atom. The third kappa shape index (κ3) is 6.14. The number of nitrogens with one attached hydrogen (secondary N) is 2. The molecule has 0 amide bonds. The van der Waals surface area contributed by atoms with Gasteiger partial charge in [0, 0.05) is 23.5 Å². The van der Waals surface area contributed by atoms with E-state index in [-0.39, 0.29) is 19.8 Å². The topological polar surface area (TPSA) is 103 Å². The minimum atomic E-state index is -0.759. The fourth-order valence-electron chi connectivity index (χ4n) is 3.90. The Hall–Kier alpha value is -3.39. The van der Waals surface area contributed by atoms with Gasteiger partial charge in [0.25, 0.3) is 0 Å². The smallest absolute Gasteiger partial charge is 0.336 e. The lowest BCUT2D eigenvalue weighted by molar-refractivity contribution is -0.140. The first-order chi connectivity index (χ1) is 16.3. The number of rotatable bonds is 10. The van der Waals surface area contributed by atoms with Crippen LogP contribution in [0, 0.1) is 0 Å². The minimum absolute atomic E-state index is 0.183. The third-order valence-electron chi connectivity index (χ3n) is 5.27. The summed E-state index contributed by atoms with van der Waals surface area (Å²) in [6.07, 6.45) is 1.70. The number of likely N-dealkylation sites (N-methyl/N-ethyl adjacent to an activating group) is 1. The van der Waals surface area contributed by atoms with Crippen molar-refractivity contribution in [1.29, 1.82) is 0 Å². The fraction of sp³-hybridized carbons (Fsp3) is 0.423. The van der Waals surface area contributed by atoms with Crippen LogP contribution in [0.4, 0.5) is 0 Å². The van der Waals surface area contributed by atoms with Crippen molar-refractivity contribution in [2.75, 3.05) is 33.4 Å². The average Bonchev–Trinajstić information content (AvgIpc) is 2.79. The molecular formula is C26H34N2O6. The number of hydrogen-bond acceptors (Lipinski definition) is 8. The first-order valence-corrected chi connectivity index (χ1v) is 11.4. The molecule has 2 N–H and O–H groups in total. The molecule has 0 saturated heterocycles. The Morgan fingerprint density at radius 2 is 1.56 bits per heavy atom. The molecule has 1 unspecified atom stereocenters. The van der Waals surface area contributed by atoms with Crippen molar-refractivity contribution in [3.8, 4) is 0 Å². The molecule has 1 aromatic carbocycles. The van der Waals surface area contributed by atoms with Crippen molar-refractivity contribution in [1.82, 2.24) is 10.6 Å². The fourth-order valence-corrected chi connectivity index (χ4v) is 3.90. The van der Waals surface area contributed by atoms with Gasteiger partial charge >= 0.3 is 17.9 Å². The van der Waals surface area contributed by atoms with E-state index in [9.17, 15) is 14.4 Å².